The number of carbonyl (C=O) groups is 1. The van der Waals surface area contributed by atoms with Gasteiger partial charge in [-0.3, -0.25) is 0 Å². The maximum atomic E-state index is 14.9. The van der Waals surface area contributed by atoms with Crippen LogP contribution < -0.4 is 5.32 Å². The summed E-state index contributed by atoms with van der Waals surface area (Å²) in [5.41, 5.74) is 2.76. The molecule has 6 nitrogen and oxygen atoms in total. The van der Waals surface area contributed by atoms with Gasteiger partial charge in [0, 0.05) is 23.0 Å². The third kappa shape index (κ3) is 3.31. The summed E-state index contributed by atoms with van der Waals surface area (Å²) in [5.74, 6) is -1.44. The van der Waals surface area contributed by atoms with Crippen LogP contribution in [0.4, 0.5) is 25.0 Å². The van der Waals surface area contributed by atoms with Crippen molar-refractivity contribution in [2.45, 2.75) is 19.4 Å². The third-order valence-corrected chi connectivity index (χ3v) is 7.26. The molecule has 1 aromatic carbocycles. The topological polar surface area (TPSA) is 78.4 Å². The molecular formula is C21H16F2N4O2S2. The number of nitrogens with zero attached hydrogens (tertiary/aromatic N) is 3. The Morgan fingerprint density at radius 3 is 2.97 bits per heavy atom. The molecule has 2 N–H and O–H groups in total. The highest BCUT2D eigenvalue weighted by Crippen LogP contribution is 2.39. The predicted molar refractivity (Wildman–Crippen MR) is 119 cm³/mol. The van der Waals surface area contributed by atoms with Crippen LogP contribution in [-0.4, -0.2) is 38.7 Å². The van der Waals surface area contributed by atoms with Crippen molar-refractivity contribution >= 4 is 66.1 Å². The number of nitrogens with one attached hydrogen (secondary N) is 1. The van der Waals surface area contributed by atoms with E-state index in [1.807, 2.05) is 19.1 Å². The van der Waals surface area contributed by atoms with Gasteiger partial charge in [-0.15, -0.1) is 22.7 Å². The molecule has 0 saturated carbocycles. The molecule has 5 rings (SSSR count). The van der Waals surface area contributed by atoms with E-state index < -0.39 is 17.7 Å². The average molecular weight is 459 g/mol. The minimum Gasteiger partial charge on any atom is -0.465 e. The van der Waals surface area contributed by atoms with Crippen LogP contribution in [0.25, 0.3) is 26.0 Å². The van der Waals surface area contributed by atoms with E-state index in [0.717, 1.165) is 10.5 Å². The van der Waals surface area contributed by atoms with Crippen LogP contribution in [0.5, 0.6) is 0 Å². The highest BCUT2D eigenvalue weighted by Gasteiger charge is 2.27. The molecule has 1 amide bonds. The van der Waals surface area contributed by atoms with Gasteiger partial charge in [0.2, 0.25) is 0 Å². The van der Waals surface area contributed by atoms with Crippen molar-refractivity contribution in [2.24, 2.45) is 0 Å². The van der Waals surface area contributed by atoms with Gasteiger partial charge in [-0.25, -0.2) is 23.5 Å². The molecule has 3 aromatic heterocycles. The van der Waals surface area contributed by atoms with Crippen molar-refractivity contribution in [2.75, 3.05) is 11.9 Å². The number of anilines is 2. The van der Waals surface area contributed by atoms with Crippen LogP contribution in [0.15, 0.2) is 36.0 Å². The molecule has 4 heterocycles. The number of fused-ring (bicyclic) bond motifs is 2. The first-order valence-corrected chi connectivity index (χ1v) is 11.2. The fraction of sp³-hybridized carbons (Fsp3) is 0.190. The van der Waals surface area contributed by atoms with Gasteiger partial charge in [-0.1, -0.05) is 6.08 Å². The molecule has 0 spiro atoms. The van der Waals surface area contributed by atoms with Crippen LogP contribution >= 0.6 is 22.7 Å². The second kappa shape index (κ2) is 7.54. The number of pyridine rings is 1. The van der Waals surface area contributed by atoms with Gasteiger partial charge in [0.05, 0.1) is 21.9 Å². The first-order chi connectivity index (χ1) is 14.9. The number of hydrogen-bond donors (Lipinski definition) is 2. The Hall–Kier alpha value is -3.11. The molecule has 0 radical (unpaired) electrons. The number of carboxylic acid groups (broad SMARTS) is 1. The first kappa shape index (κ1) is 19.8. The van der Waals surface area contributed by atoms with E-state index in [9.17, 15) is 18.7 Å². The Bertz CT molecular complexity index is 1360. The molecule has 1 aliphatic heterocycles. The summed E-state index contributed by atoms with van der Waals surface area (Å²) in [6, 6.07) is 4.52. The quantitative estimate of drug-likeness (QED) is 0.389. The minimum absolute atomic E-state index is 0.125. The second-order valence-corrected chi connectivity index (χ2v) is 9.08. The summed E-state index contributed by atoms with van der Waals surface area (Å²) in [6.07, 6.45) is 3.29. The molecule has 0 aliphatic carbocycles. The molecule has 1 atom stereocenters. The summed E-state index contributed by atoms with van der Waals surface area (Å²) in [7, 11) is 0. The van der Waals surface area contributed by atoms with Crippen molar-refractivity contribution in [3.05, 3.63) is 52.5 Å². The predicted octanol–water partition coefficient (Wildman–Crippen LogP) is 6.08. The van der Waals surface area contributed by atoms with Crippen LogP contribution in [-0.2, 0) is 0 Å². The van der Waals surface area contributed by atoms with E-state index in [-0.39, 0.29) is 17.2 Å². The highest BCUT2D eigenvalue weighted by molar-refractivity contribution is 7.19. The van der Waals surface area contributed by atoms with Crippen LogP contribution in [0.2, 0.25) is 0 Å². The number of thiophene rings is 1. The number of amides is 1. The van der Waals surface area contributed by atoms with Crippen molar-refractivity contribution in [3.63, 3.8) is 0 Å². The number of hydrogen-bond acceptors (Lipinski definition) is 6. The Morgan fingerprint density at radius 1 is 1.32 bits per heavy atom. The average Bonchev–Trinajstić information content (AvgIpc) is 3.38. The summed E-state index contributed by atoms with van der Waals surface area (Å²) in [4.78, 5) is 22.9. The minimum atomic E-state index is -0.955. The van der Waals surface area contributed by atoms with Gasteiger partial charge < -0.3 is 15.3 Å². The zero-order chi connectivity index (χ0) is 21.7. The highest BCUT2D eigenvalue weighted by atomic mass is 32.1. The van der Waals surface area contributed by atoms with Gasteiger partial charge in [0.1, 0.15) is 16.0 Å². The van der Waals surface area contributed by atoms with E-state index in [2.05, 4.69) is 15.3 Å². The molecule has 1 aliphatic rings. The zero-order valence-corrected chi connectivity index (χ0v) is 17.9. The SMILES string of the molecule is CC1C(c2cc3c(Nc4c(F)cc5scnc5c4F)ccnc3s2)=CCCN1C(=O)O. The summed E-state index contributed by atoms with van der Waals surface area (Å²) >= 11 is 2.60. The lowest BCUT2D eigenvalue weighted by Gasteiger charge is -2.31. The van der Waals surface area contributed by atoms with Gasteiger partial charge in [0.25, 0.3) is 0 Å². The Kier molecular flexibility index (Phi) is 4.82. The first-order valence-electron chi connectivity index (χ1n) is 9.51. The number of thiazole rings is 1. The van der Waals surface area contributed by atoms with E-state index >= 15 is 0 Å². The van der Waals surface area contributed by atoms with Crippen LogP contribution in [0, 0.1) is 11.6 Å². The smallest absolute Gasteiger partial charge is 0.407 e. The molecule has 4 aromatic rings. The Morgan fingerprint density at radius 2 is 2.16 bits per heavy atom. The van der Waals surface area contributed by atoms with E-state index in [4.69, 9.17) is 0 Å². The maximum absolute atomic E-state index is 14.9. The van der Waals surface area contributed by atoms with E-state index in [1.54, 1.807) is 12.3 Å². The second-order valence-electron chi connectivity index (χ2n) is 7.16. The Balaban J connectivity index is 1.56. The normalized spacial score (nSPS) is 16.7. The molecule has 1 unspecified atom stereocenters. The summed E-state index contributed by atoms with van der Waals surface area (Å²) in [5, 5.41) is 13.0. The largest absolute Gasteiger partial charge is 0.465 e. The van der Waals surface area contributed by atoms with Crippen LogP contribution in [0.3, 0.4) is 0 Å². The van der Waals surface area contributed by atoms with Crippen molar-refractivity contribution < 1.29 is 18.7 Å². The number of benzene rings is 1. The number of aromatic nitrogens is 2. The van der Waals surface area contributed by atoms with Gasteiger partial charge in [-0.2, -0.15) is 0 Å². The fourth-order valence-corrected chi connectivity index (χ4v) is 5.68. The van der Waals surface area contributed by atoms with Crippen molar-refractivity contribution in [1.29, 1.82) is 0 Å². The van der Waals surface area contributed by atoms with Crippen LogP contribution in [0.1, 0.15) is 18.2 Å². The summed E-state index contributed by atoms with van der Waals surface area (Å²) in [6.45, 7) is 2.30. The Labute approximate surface area is 183 Å². The monoisotopic (exact) mass is 458 g/mol. The number of rotatable bonds is 3. The van der Waals surface area contributed by atoms with E-state index in [0.29, 0.717) is 33.6 Å². The molecule has 0 bridgehead atoms. The lowest BCUT2D eigenvalue weighted by atomic mass is 10.00. The van der Waals surface area contributed by atoms with Crippen molar-refractivity contribution in [1.82, 2.24) is 14.9 Å². The molecule has 0 fully saturated rings. The lowest BCUT2D eigenvalue weighted by molar-refractivity contribution is 0.137. The third-order valence-electron chi connectivity index (χ3n) is 5.40. The van der Waals surface area contributed by atoms with Gasteiger partial charge in [0.15, 0.2) is 11.6 Å². The molecular weight excluding hydrogens is 442 g/mol. The van der Waals surface area contributed by atoms with Gasteiger partial charge >= 0.3 is 6.09 Å². The fourth-order valence-electron chi connectivity index (χ4n) is 3.83. The molecule has 31 heavy (non-hydrogen) atoms. The standard InChI is InChI=1S/C21H16F2N4O2S2/c1-10-11(3-2-6-27(10)21(28)29)15-7-12-14(4-5-24-20(12)31-15)26-18-13(22)8-16-19(17(18)23)25-9-30-16/h3-5,7-10H,2,6H2,1H3,(H,24,26)(H,28,29). The zero-order valence-electron chi connectivity index (χ0n) is 16.2. The van der Waals surface area contributed by atoms with Crippen molar-refractivity contribution in [3.8, 4) is 0 Å². The maximum Gasteiger partial charge on any atom is 0.407 e. The van der Waals surface area contributed by atoms with Gasteiger partial charge in [-0.05, 0) is 37.1 Å². The van der Waals surface area contributed by atoms with E-state index in [1.165, 1.54) is 39.2 Å². The lowest BCUT2D eigenvalue weighted by Crippen LogP contribution is -2.40. The molecule has 10 heteroatoms. The number of halogens is 2. The molecule has 158 valence electrons. The summed E-state index contributed by atoms with van der Waals surface area (Å²) < 4.78 is 29.9. The molecule has 0 saturated heterocycles.